The minimum Gasteiger partial charge on any atom is -0.485 e. The molecule has 152 valence electrons. The van der Waals surface area contributed by atoms with Crippen molar-refractivity contribution in [2.24, 2.45) is 0 Å². The summed E-state index contributed by atoms with van der Waals surface area (Å²) in [5.41, 5.74) is 1.25. The van der Waals surface area contributed by atoms with E-state index in [9.17, 15) is 13.6 Å². The van der Waals surface area contributed by atoms with E-state index in [1.807, 2.05) is 0 Å². The molecule has 3 heterocycles. The molecule has 1 saturated heterocycles. The number of halogens is 2. The van der Waals surface area contributed by atoms with Crippen LogP contribution in [0.1, 0.15) is 24.1 Å². The molecule has 0 spiro atoms. The third kappa shape index (κ3) is 3.67. The molecule has 3 aromatic rings. The van der Waals surface area contributed by atoms with E-state index in [1.54, 1.807) is 19.2 Å². The molecule has 0 amide bonds. The number of carboxylic acid groups (broad SMARTS) is 1. The number of aromatic nitrogens is 2. The average Bonchev–Trinajstić information content (AvgIpc) is 3.30. The van der Waals surface area contributed by atoms with Gasteiger partial charge in [0.25, 0.3) is 0 Å². The van der Waals surface area contributed by atoms with Crippen molar-refractivity contribution in [2.75, 3.05) is 18.0 Å². The molecule has 1 N–H and O–H groups in total. The Kier molecular flexibility index (Phi) is 4.96. The van der Waals surface area contributed by atoms with Crippen LogP contribution in [0.2, 0.25) is 0 Å². The second-order valence-corrected chi connectivity index (χ2v) is 6.81. The van der Waals surface area contributed by atoms with E-state index in [0.717, 1.165) is 43.8 Å². The van der Waals surface area contributed by atoms with Gasteiger partial charge in [-0.05, 0) is 31.9 Å². The first kappa shape index (κ1) is 19.0. The second kappa shape index (κ2) is 7.57. The van der Waals surface area contributed by atoms with Gasteiger partial charge in [-0.15, -0.1) is 0 Å². The lowest BCUT2D eigenvalue weighted by molar-refractivity contribution is 0.141. The van der Waals surface area contributed by atoms with Gasteiger partial charge >= 0.3 is 6.16 Å². The molecule has 1 aliphatic rings. The molecule has 29 heavy (non-hydrogen) atoms. The topological polar surface area (TPSA) is 76.3 Å². The molecule has 0 bridgehead atoms. The van der Waals surface area contributed by atoms with Gasteiger partial charge in [-0.25, -0.2) is 18.6 Å². The van der Waals surface area contributed by atoms with Crippen molar-refractivity contribution in [3.63, 3.8) is 0 Å². The van der Waals surface area contributed by atoms with E-state index in [4.69, 9.17) is 14.6 Å². The van der Waals surface area contributed by atoms with Gasteiger partial charge < -0.3 is 19.5 Å². The Morgan fingerprint density at radius 2 is 1.93 bits per heavy atom. The van der Waals surface area contributed by atoms with E-state index in [-0.39, 0.29) is 23.8 Å². The third-order valence-electron chi connectivity index (χ3n) is 4.88. The monoisotopic (exact) mass is 403 g/mol. The predicted octanol–water partition coefficient (Wildman–Crippen LogP) is 4.16. The van der Waals surface area contributed by atoms with Crippen molar-refractivity contribution in [3.05, 3.63) is 53.4 Å². The summed E-state index contributed by atoms with van der Waals surface area (Å²) in [6.07, 6.45) is 2.35. The Hall–Kier alpha value is -3.36. The lowest BCUT2D eigenvalue weighted by Gasteiger charge is -2.19. The fraction of sp³-hybridized carbons (Fsp3) is 0.300. The standard InChI is InChI=1S/C20H19F2N3O4/c1-12-19(29-20(26)27)25-10-13(24-7-2-3-8-24)9-17(18(25)23-12)28-11-14-15(21)5-4-6-16(14)22/h4-6,9-10H,2-3,7-8,11H2,1H3,(H,26,27). The third-order valence-corrected chi connectivity index (χ3v) is 4.88. The van der Waals surface area contributed by atoms with Crippen LogP contribution in [-0.2, 0) is 6.61 Å². The van der Waals surface area contributed by atoms with E-state index >= 15 is 0 Å². The Morgan fingerprint density at radius 1 is 1.24 bits per heavy atom. The van der Waals surface area contributed by atoms with E-state index < -0.39 is 17.8 Å². The van der Waals surface area contributed by atoms with E-state index in [1.165, 1.54) is 10.5 Å². The molecular formula is C20H19F2N3O4. The average molecular weight is 403 g/mol. The zero-order valence-corrected chi connectivity index (χ0v) is 15.7. The van der Waals surface area contributed by atoms with E-state index in [2.05, 4.69) is 9.88 Å². The van der Waals surface area contributed by atoms with Crippen LogP contribution in [-0.4, -0.2) is 33.7 Å². The number of hydrogen-bond acceptors (Lipinski definition) is 5. The number of benzene rings is 1. The first-order chi connectivity index (χ1) is 13.9. The number of imidazole rings is 1. The zero-order chi connectivity index (χ0) is 20.5. The highest BCUT2D eigenvalue weighted by Crippen LogP contribution is 2.33. The smallest absolute Gasteiger partial charge is 0.485 e. The Balaban J connectivity index is 1.77. The van der Waals surface area contributed by atoms with Gasteiger partial charge in [0.15, 0.2) is 11.4 Å². The second-order valence-electron chi connectivity index (χ2n) is 6.81. The molecule has 9 heteroatoms. The summed E-state index contributed by atoms with van der Waals surface area (Å²) in [4.78, 5) is 17.5. The van der Waals surface area contributed by atoms with Crippen molar-refractivity contribution < 1.29 is 28.2 Å². The van der Waals surface area contributed by atoms with Crippen LogP contribution in [0.25, 0.3) is 5.65 Å². The maximum absolute atomic E-state index is 14.0. The molecule has 4 rings (SSSR count). The fourth-order valence-electron chi connectivity index (χ4n) is 3.47. The molecular weight excluding hydrogens is 384 g/mol. The van der Waals surface area contributed by atoms with Gasteiger partial charge in [0.2, 0.25) is 5.88 Å². The van der Waals surface area contributed by atoms with Crippen molar-refractivity contribution >= 4 is 17.5 Å². The number of rotatable bonds is 5. The molecule has 7 nitrogen and oxygen atoms in total. The Morgan fingerprint density at radius 3 is 2.59 bits per heavy atom. The van der Waals surface area contributed by atoms with Gasteiger partial charge in [0, 0.05) is 25.4 Å². The number of carbonyl (C=O) groups is 1. The summed E-state index contributed by atoms with van der Waals surface area (Å²) in [6.45, 7) is 2.96. The van der Waals surface area contributed by atoms with Gasteiger partial charge in [-0.1, -0.05) is 6.07 Å². The lowest BCUT2D eigenvalue weighted by atomic mass is 10.2. The minimum absolute atomic E-state index is 0.0514. The number of nitrogens with zero attached hydrogens (tertiary/aromatic N) is 3. The number of aryl methyl sites for hydroxylation is 1. The Bertz CT molecular complexity index is 1060. The highest BCUT2D eigenvalue weighted by atomic mass is 19.1. The van der Waals surface area contributed by atoms with Crippen molar-refractivity contribution in [3.8, 4) is 11.6 Å². The summed E-state index contributed by atoms with van der Waals surface area (Å²) in [7, 11) is 0. The van der Waals surface area contributed by atoms with Crippen LogP contribution in [0, 0.1) is 18.6 Å². The summed E-state index contributed by atoms with van der Waals surface area (Å²) < 4.78 is 40.1. The van der Waals surface area contributed by atoms with Gasteiger partial charge in [-0.3, -0.25) is 4.40 Å². The number of anilines is 1. The normalized spacial score (nSPS) is 13.8. The summed E-state index contributed by atoms with van der Waals surface area (Å²) in [5, 5.41) is 9.04. The highest BCUT2D eigenvalue weighted by Gasteiger charge is 2.21. The first-order valence-corrected chi connectivity index (χ1v) is 9.18. The number of hydrogen-bond donors (Lipinski definition) is 1. The Labute approximate surface area is 165 Å². The first-order valence-electron chi connectivity index (χ1n) is 9.18. The summed E-state index contributed by atoms with van der Waals surface area (Å²) in [6, 6.07) is 5.36. The maximum Gasteiger partial charge on any atom is 0.512 e. The molecule has 1 aliphatic heterocycles. The molecule has 1 aromatic carbocycles. The lowest BCUT2D eigenvalue weighted by Crippen LogP contribution is -2.18. The van der Waals surface area contributed by atoms with Crippen molar-refractivity contribution in [2.45, 2.75) is 26.4 Å². The zero-order valence-electron chi connectivity index (χ0n) is 15.7. The molecule has 0 atom stereocenters. The number of pyridine rings is 1. The van der Waals surface area contributed by atoms with Crippen LogP contribution >= 0.6 is 0 Å². The largest absolute Gasteiger partial charge is 0.512 e. The molecule has 1 fully saturated rings. The van der Waals surface area contributed by atoms with Gasteiger partial charge in [0.1, 0.15) is 23.9 Å². The van der Waals surface area contributed by atoms with E-state index in [0.29, 0.717) is 11.3 Å². The molecule has 0 saturated carbocycles. The van der Waals surface area contributed by atoms with Crippen LogP contribution in [0.5, 0.6) is 11.6 Å². The molecule has 2 aromatic heterocycles. The molecule has 0 aliphatic carbocycles. The summed E-state index contributed by atoms with van der Waals surface area (Å²) >= 11 is 0. The quantitative estimate of drug-likeness (QED) is 0.645. The number of fused-ring (bicyclic) bond motifs is 1. The number of ether oxygens (including phenoxy) is 2. The van der Waals surface area contributed by atoms with Crippen LogP contribution in [0.3, 0.4) is 0 Å². The molecule has 0 unspecified atom stereocenters. The van der Waals surface area contributed by atoms with Crippen LogP contribution < -0.4 is 14.4 Å². The van der Waals surface area contributed by atoms with Crippen molar-refractivity contribution in [1.82, 2.24) is 9.38 Å². The highest BCUT2D eigenvalue weighted by molar-refractivity contribution is 5.67. The van der Waals surface area contributed by atoms with Gasteiger partial charge in [0.05, 0.1) is 11.3 Å². The SMILES string of the molecule is Cc1nc2c(OCc3c(F)cccc3F)cc(N3CCCC3)cn2c1OC(=O)O. The van der Waals surface area contributed by atoms with Crippen LogP contribution in [0.4, 0.5) is 19.3 Å². The minimum atomic E-state index is -1.46. The van der Waals surface area contributed by atoms with Gasteiger partial charge in [-0.2, -0.15) is 0 Å². The summed E-state index contributed by atoms with van der Waals surface area (Å²) in [5.74, 6) is -1.08. The van der Waals surface area contributed by atoms with Crippen molar-refractivity contribution in [1.29, 1.82) is 0 Å². The fourth-order valence-corrected chi connectivity index (χ4v) is 3.47. The predicted molar refractivity (Wildman–Crippen MR) is 101 cm³/mol. The molecule has 0 radical (unpaired) electrons. The van der Waals surface area contributed by atoms with Crippen LogP contribution in [0.15, 0.2) is 30.5 Å². The maximum atomic E-state index is 14.0.